The van der Waals surface area contributed by atoms with Gasteiger partial charge in [-0.3, -0.25) is 9.59 Å². The lowest BCUT2D eigenvalue weighted by Gasteiger charge is -2.18. The molecule has 25 heavy (non-hydrogen) atoms. The van der Waals surface area contributed by atoms with E-state index in [0.29, 0.717) is 36.0 Å². The minimum absolute atomic E-state index is 0.170. The topological polar surface area (TPSA) is 76.7 Å². The van der Waals surface area contributed by atoms with E-state index in [1.165, 1.54) is 6.08 Å². The fourth-order valence-corrected chi connectivity index (χ4v) is 2.37. The van der Waals surface area contributed by atoms with Crippen molar-refractivity contribution in [3.05, 3.63) is 59.7 Å². The van der Waals surface area contributed by atoms with Gasteiger partial charge < -0.3 is 20.1 Å². The largest absolute Gasteiger partial charge is 0.486 e. The number of amides is 2. The Hall–Kier alpha value is -3.28. The number of ether oxygens (including phenoxy) is 2. The molecule has 0 aromatic heterocycles. The summed E-state index contributed by atoms with van der Waals surface area (Å²) in [7, 11) is 1.57. The standard InChI is InChI=1S/C19H18N2O4/c1-20-19(23)14-4-6-15(7-5-14)21-18(22)9-3-13-2-8-16-17(12-13)25-11-10-24-16/h2-9,12H,10-11H2,1H3,(H,20,23)(H,21,22)/b9-3+. The average molecular weight is 338 g/mol. The fourth-order valence-electron chi connectivity index (χ4n) is 2.37. The van der Waals surface area contributed by atoms with Crippen LogP contribution in [0.4, 0.5) is 5.69 Å². The monoisotopic (exact) mass is 338 g/mol. The summed E-state index contributed by atoms with van der Waals surface area (Å²) in [6.07, 6.45) is 3.14. The first kappa shape index (κ1) is 16.6. The summed E-state index contributed by atoms with van der Waals surface area (Å²) in [6, 6.07) is 12.2. The molecule has 6 nitrogen and oxygen atoms in total. The molecule has 128 valence electrons. The normalized spacial score (nSPS) is 12.7. The van der Waals surface area contributed by atoms with E-state index >= 15 is 0 Å². The van der Waals surface area contributed by atoms with E-state index in [4.69, 9.17) is 9.47 Å². The number of hydrogen-bond acceptors (Lipinski definition) is 4. The highest BCUT2D eigenvalue weighted by molar-refractivity contribution is 6.02. The van der Waals surface area contributed by atoms with E-state index in [2.05, 4.69) is 10.6 Å². The van der Waals surface area contributed by atoms with Crippen molar-refractivity contribution in [1.82, 2.24) is 5.32 Å². The maximum absolute atomic E-state index is 12.0. The van der Waals surface area contributed by atoms with Crippen molar-refractivity contribution in [3.8, 4) is 11.5 Å². The van der Waals surface area contributed by atoms with Gasteiger partial charge in [-0.2, -0.15) is 0 Å². The summed E-state index contributed by atoms with van der Waals surface area (Å²) in [5.74, 6) is 0.960. The third-order valence-electron chi connectivity index (χ3n) is 3.64. The molecular weight excluding hydrogens is 320 g/mol. The maximum Gasteiger partial charge on any atom is 0.251 e. The molecule has 2 N–H and O–H groups in total. The summed E-state index contributed by atoms with van der Waals surface area (Å²) >= 11 is 0. The first-order chi connectivity index (χ1) is 12.2. The van der Waals surface area contributed by atoms with E-state index in [-0.39, 0.29) is 11.8 Å². The Morgan fingerprint density at radius 2 is 1.72 bits per heavy atom. The Balaban J connectivity index is 1.62. The van der Waals surface area contributed by atoms with Crippen molar-refractivity contribution >= 4 is 23.6 Å². The van der Waals surface area contributed by atoms with Crippen molar-refractivity contribution in [1.29, 1.82) is 0 Å². The molecule has 2 aromatic carbocycles. The summed E-state index contributed by atoms with van der Waals surface area (Å²) in [5, 5.41) is 5.29. The average Bonchev–Trinajstić information content (AvgIpc) is 2.66. The molecule has 0 bridgehead atoms. The van der Waals surface area contributed by atoms with Crippen LogP contribution in [0.3, 0.4) is 0 Å². The second kappa shape index (κ2) is 7.53. The minimum atomic E-state index is -0.261. The number of benzene rings is 2. The molecule has 2 amide bonds. The number of fused-ring (bicyclic) bond motifs is 1. The maximum atomic E-state index is 12.0. The third kappa shape index (κ3) is 4.17. The first-order valence-electron chi connectivity index (χ1n) is 7.86. The van der Waals surface area contributed by atoms with Crippen LogP contribution in [0.5, 0.6) is 11.5 Å². The molecule has 0 unspecified atom stereocenters. The number of nitrogens with one attached hydrogen (secondary N) is 2. The van der Waals surface area contributed by atoms with Gasteiger partial charge in [-0.1, -0.05) is 6.07 Å². The molecule has 1 heterocycles. The Morgan fingerprint density at radius 1 is 1.00 bits per heavy atom. The molecule has 1 aliphatic rings. The third-order valence-corrected chi connectivity index (χ3v) is 3.64. The molecule has 2 aromatic rings. The van der Waals surface area contributed by atoms with Crippen LogP contribution < -0.4 is 20.1 Å². The number of rotatable bonds is 4. The zero-order chi connectivity index (χ0) is 17.6. The minimum Gasteiger partial charge on any atom is -0.486 e. The van der Waals surface area contributed by atoms with Crippen molar-refractivity contribution in [2.45, 2.75) is 0 Å². The van der Waals surface area contributed by atoms with E-state index in [0.717, 1.165) is 5.56 Å². The summed E-state index contributed by atoms with van der Waals surface area (Å²) in [5.41, 5.74) is 1.99. The summed E-state index contributed by atoms with van der Waals surface area (Å²) < 4.78 is 11.0. The predicted molar refractivity (Wildman–Crippen MR) is 94.9 cm³/mol. The fraction of sp³-hybridized carbons (Fsp3) is 0.158. The van der Waals surface area contributed by atoms with Gasteiger partial charge in [0.1, 0.15) is 13.2 Å². The highest BCUT2D eigenvalue weighted by Crippen LogP contribution is 2.31. The van der Waals surface area contributed by atoms with Gasteiger partial charge in [0, 0.05) is 24.4 Å². The van der Waals surface area contributed by atoms with Crippen LogP contribution in [0.25, 0.3) is 6.08 Å². The quantitative estimate of drug-likeness (QED) is 0.840. The molecule has 0 aliphatic carbocycles. The van der Waals surface area contributed by atoms with Crippen molar-refractivity contribution in [2.75, 3.05) is 25.6 Å². The second-order valence-corrected chi connectivity index (χ2v) is 5.38. The lowest BCUT2D eigenvalue weighted by molar-refractivity contribution is -0.111. The van der Waals surface area contributed by atoms with Crippen LogP contribution in [-0.4, -0.2) is 32.1 Å². The van der Waals surface area contributed by atoms with E-state index in [1.54, 1.807) is 37.4 Å². The number of anilines is 1. The first-order valence-corrected chi connectivity index (χ1v) is 7.86. The van der Waals surface area contributed by atoms with Crippen LogP contribution >= 0.6 is 0 Å². The van der Waals surface area contributed by atoms with Gasteiger partial charge in [-0.05, 0) is 48.0 Å². The highest BCUT2D eigenvalue weighted by atomic mass is 16.6. The van der Waals surface area contributed by atoms with E-state index < -0.39 is 0 Å². The summed E-state index contributed by atoms with van der Waals surface area (Å²) in [6.45, 7) is 1.07. The van der Waals surface area contributed by atoms with Gasteiger partial charge in [0.05, 0.1) is 0 Å². The van der Waals surface area contributed by atoms with Crippen molar-refractivity contribution in [3.63, 3.8) is 0 Å². The van der Waals surface area contributed by atoms with E-state index in [1.807, 2.05) is 18.2 Å². The molecule has 0 spiro atoms. The smallest absolute Gasteiger partial charge is 0.251 e. The summed E-state index contributed by atoms with van der Waals surface area (Å²) in [4.78, 5) is 23.5. The Labute approximate surface area is 145 Å². The van der Waals surface area contributed by atoms with E-state index in [9.17, 15) is 9.59 Å². The predicted octanol–water partition coefficient (Wildman–Crippen LogP) is 2.47. The highest BCUT2D eigenvalue weighted by Gasteiger charge is 2.10. The van der Waals surface area contributed by atoms with Crippen molar-refractivity contribution in [2.24, 2.45) is 0 Å². The Morgan fingerprint density at radius 3 is 2.44 bits per heavy atom. The number of hydrogen-bond donors (Lipinski definition) is 2. The van der Waals surface area contributed by atoms with Crippen LogP contribution in [0.15, 0.2) is 48.5 Å². The molecule has 0 atom stereocenters. The van der Waals surface area contributed by atoms with Gasteiger partial charge in [0.2, 0.25) is 5.91 Å². The molecule has 0 radical (unpaired) electrons. The zero-order valence-electron chi connectivity index (χ0n) is 13.7. The van der Waals surface area contributed by atoms with Crippen LogP contribution in [0.1, 0.15) is 15.9 Å². The molecule has 0 fully saturated rings. The van der Waals surface area contributed by atoms with Crippen LogP contribution in [0, 0.1) is 0 Å². The van der Waals surface area contributed by atoms with Crippen molar-refractivity contribution < 1.29 is 19.1 Å². The molecule has 6 heteroatoms. The second-order valence-electron chi connectivity index (χ2n) is 5.38. The Kier molecular flexibility index (Phi) is 4.99. The lowest BCUT2D eigenvalue weighted by atomic mass is 10.1. The molecule has 1 aliphatic heterocycles. The molecule has 3 rings (SSSR count). The zero-order valence-corrected chi connectivity index (χ0v) is 13.7. The molecule has 0 saturated carbocycles. The van der Waals surface area contributed by atoms with Gasteiger partial charge in [-0.15, -0.1) is 0 Å². The van der Waals surface area contributed by atoms with Gasteiger partial charge in [0.25, 0.3) is 5.91 Å². The molecular formula is C19H18N2O4. The van der Waals surface area contributed by atoms with Crippen LogP contribution in [-0.2, 0) is 4.79 Å². The lowest BCUT2D eigenvalue weighted by Crippen LogP contribution is -2.17. The van der Waals surface area contributed by atoms with Gasteiger partial charge in [0.15, 0.2) is 11.5 Å². The molecule has 0 saturated heterocycles. The van der Waals surface area contributed by atoms with Gasteiger partial charge in [-0.25, -0.2) is 0 Å². The SMILES string of the molecule is CNC(=O)c1ccc(NC(=O)/C=C/c2ccc3c(c2)OCCO3)cc1. The number of carbonyl (C=O) groups is 2. The Bertz CT molecular complexity index is 813. The number of carbonyl (C=O) groups excluding carboxylic acids is 2. The van der Waals surface area contributed by atoms with Gasteiger partial charge >= 0.3 is 0 Å². The van der Waals surface area contributed by atoms with Crippen LogP contribution in [0.2, 0.25) is 0 Å².